The molecule has 1 aliphatic carbocycles. The minimum absolute atomic E-state index is 0.00264. The first-order chi connectivity index (χ1) is 7.77. The molecule has 82 valence electrons. The number of hydrogen-bond acceptors (Lipinski definition) is 1. The molecule has 2 heteroatoms. The van der Waals surface area contributed by atoms with E-state index in [1.165, 1.54) is 5.56 Å². The second-order valence-electron chi connectivity index (χ2n) is 4.47. The second-order valence-corrected chi connectivity index (χ2v) is 4.47. The number of halogens is 1. The Morgan fingerprint density at radius 1 is 1.19 bits per heavy atom. The topological polar surface area (TPSA) is 26.0 Å². The fourth-order valence-electron chi connectivity index (χ4n) is 2.68. The molecule has 0 spiro atoms. The van der Waals surface area contributed by atoms with E-state index in [9.17, 15) is 4.39 Å². The summed E-state index contributed by atoms with van der Waals surface area (Å²) in [5.41, 5.74) is 8.29. The average Bonchev–Trinajstić information content (AvgIpc) is 2.31. The van der Waals surface area contributed by atoms with E-state index in [0.717, 1.165) is 35.6 Å². The lowest BCUT2D eigenvalue weighted by Crippen LogP contribution is -2.18. The van der Waals surface area contributed by atoms with Crippen LogP contribution in [0.5, 0.6) is 0 Å². The van der Waals surface area contributed by atoms with Crippen molar-refractivity contribution in [2.75, 3.05) is 0 Å². The van der Waals surface area contributed by atoms with Crippen LogP contribution in [0.2, 0.25) is 0 Å². The summed E-state index contributed by atoms with van der Waals surface area (Å²) in [6.45, 7) is 0. The SMILES string of the molecule is NC1CCCc2c1cc(F)c1ccccc21. The molecule has 16 heavy (non-hydrogen) atoms. The fourth-order valence-corrected chi connectivity index (χ4v) is 2.68. The number of aryl methyl sites for hydroxylation is 1. The largest absolute Gasteiger partial charge is 0.324 e. The molecular formula is C14H14FN. The van der Waals surface area contributed by atoms with Crippen LogP contribution in [0.15, 0.2) is 30.3 Å². The third-order valence-corrected chi connectivity index (χ3v) is 3.48. The van der Waals surface area contributed by atoms with Crippen LogP contribution in [0, 0.1) is 5.82 Å². The highest BCUT2D eigenvalue weighted by Crippen LogP contribution is 2.34. The van der Waals surface area contributed by atoms with Crippen molar-refractivity contribution >= 4 is 10.8 Å². The van der Waals surface area contributed by atoms with Crippen molar-refractivity contribution in [3.05, 3.63) is 47.3 Å². The van der Waals surface area contributed by atoms with Gasteiger partial charge in [-0.2, -0.15) is 0 Å². The lowest BCUT2D eigenvalue weighted by molar-refractivity contribution is 0.563. The van der Waals surface area contributed by atoms with E-state index in [4.69, 9.17) is 5.73 Å². The van der Waals surface area contributed by atoms with Crippen molar-refractivity contribution in [3.8, 4) is 0 Å². The molecule has 1 atom stereocenters. The van der Waals surface area contributed by atoms with Gasteiger partial charge in [-0.25, -0.2) is 4.39 Å². The standard InChI is InChI=1S/C14H14FN/c15-13-8-12-10(6-3-7-14(12)16)9-4-1-2-5-11(9)13/h1-2,4-5,8,14H,3,6-7,16H2. The van der Waals surface area contributed by atoms with Gasteiger partial charge in [-0.1, -0.05) is 24.3 Å². The van der Waals surface area contributed by atoms with E-state index in [2.05, 4.69) is 0 Å². The van der Waals surface area contributed by atoms with Gasteiger partial charge in [0.15, 0.2) is 0 Å². The monoisotopic (exact) mass is 215 g/mol. The number of nitrogens with two attached hydrogens (primary N) is 1. The summed E-state index contributed by atoms with van der Waals surface area (Å²) in [6.07, 6.45) is 3.08. The van der Waals surface area contributed by atoms with Crippen molar-refractivity contribution in [1.82, 2.24) is 0 Å². The Bertz CT molecular complexity index is 548. The molecule has 0 radical (unpaired) electrons. The van der Waals surface area contributed by atoms with E-state index in [1.54, 1.807) is 6.07 Å². The maximum atomic E-state index is 13.9. The van der Waals surface area contributed by atoms with Gasteiger partial charge in [0, 0.05) is 11.4 Å². The summed E-state index contributed by atoms with van der Waals surface area (Å²) in [6, 6.07) is 9.30. The Morgan fingerprint density at radius 3 is 2.75 bits per heavy atom. The van der Waals surface area contributed by atoms with Gasteiger partial charge in [-0.3, -0.25) is 0 Å². The first-order valence-electron chi connectivity index (χ1n) is 5.73. The molecule has 2 N–H and O–H groups in total. The quantitative estimate of drug-likeness (QED) is 0.716. The van der Waals surface area contributed by atoms with Crippen molar-refractivity contribution < 1.29 is 4.39 Å². The molecule has 0 aliphatic heterocycles. The van der Waals surface area contributed by atoms with Crippen molar-refractivity contribution in [3.63, 3.8) is 0 Å². The second kappa shape index (κ2) is 3.56. The zero-order chi connectivity index (χ0) is 11.1. The summed E-state index contributed by atoms with van der Waals surface area (Å²) in [5.74, 6) is -0.147. The number of hydrogen-bond donors (Lipinski definition) is 1. The van der Waals surface area contributed by atoms with E-state index >= 15 is 0 Å². The highest BCUT2D eigenvalue weighted by molar-refractivity contribution is 5.87. The van der Waals surface area contributed by atoms with E-state index < -0.39 is 0 Å². The minimum atomic E-state index is -0.147. The van der Waals surface area contributed by atoms with Crippen LogP contribution in [-0.2, 0) is 6.42 Å². The fraction of sp³-hybridized carbons (Fsp3) is 0.286. The maximum Gasteiger partial charge on any atom is 0.131 e. The van der Waals surface area contributed by atoms with Gasteiger partial charge >= 0.3 is 0 Å². The van der Waals surface area contributed by atoms with Gasteiger partial charge in [0.1, 0.15) is 5.82 Å². The Morgan fingerprint density at radius 2 is 1.94 bits per heavy atom. The predicted molar refractivity (Wildman–Crippen MR) is 63.8 cm³/mol. The van der Waals surface area contributed by atoms with Crippen LogP contribution in [0.25, 0.3) is 10.8 Å². The normalized spacial score (nSPS) is 19.8. The first-order valence-corrected chi connectivity index (χ1v) is 5.73. The van der Waals surface area contributed by atoms with Crippen LogP contribution >= 0.6 is 0 Å². The summed E-state index contributed by atoms with van der Waals surface area (Å²) >= 11 is 0. The zero-order valence-corrected chi connectivity index (χ0v) is 9.04. The molecule has 0 heterocycles. The molecule has 1 nitrogen and oxygen atoms in total. The maximum absolute atomic E-state index is 13.9. The lowest BCUT2D eigenvalue weighted by Gasteiger charge is -2.24. The Kier molecular flexibility index (Phi) is 2.18. The van der Waals surface area contributed by atoms with Crippen LogP contribution in [0.3, 0.4) is 0 Å². The number of benzene rings is 2. The Balaban J connectivity index is 2.38. The average molecular weight is 215 g/mol. The smallest absolute Gasteiger partial charge is 0.131 e. The van der Waals surface area contributed by atoms with Gasteiger partial charge in [-0.15, -0.1) is 0 Å². The van der Waals surface area contributed by atoms with Crippen molar-refractivity contribution in [1.29, 1.82) is 0 Å². The highest BCUT2D eigenvalue weighted by atomic mass is 19.1. The summed E-state index contributed by atoms with van der Waals surface area (Å²) in [5, 5.41) is 1.75. The molecule has 0 aromatic heterocycles. The molecule has 0 bridgehead atoms. The van der Waals surface area contributed by atoms with Crippen LogP contribution < -0.4 is 5.73 Å². The van der Waals surface area contributed by atoms with Crippen molar-refractivity contribution in [2.45, 2.75) is 25.3 Å². The highest BCUT2D eigenvalue weighted by Gasteiger charge is 2.20. The van der Waals surface area contributed by atoms with E-state index in [0.29, 0.717) is 0 Å². The van der Waals surface area contributed by atoms with Crippen molar-refractivity contribution in [2.24, 2.45) is 5.73 Å². The molecular weight excluding hydrogens is 201 g/mol. The van der Waals surface area contributed by atoms with Gasteiger partial charge < -0.3 is 5.73 Å². The van der Waals surface area contributed by atoms with Gasteiger partial charge in [0.2, 0.25) is 0 Å². The molecule has 2 aromatic carbocycles. The molecule has 0 saturated carbocycles. The number of fused-ring (bicyclic) bond motifs is 3. The van der Waals surface area contributed by atoms with E-state index in [-0.39, 0.29) is 11.9 Å². The Labute approximate surface area is 94.1 Å². The molecule has 0 saturated heterocycles. The third kappa shape index (κ3) is 1.34. The Hall–Kier alpha value is -1.41. The minimum Gasteiger partial charge on any atom is -0.324 e. The molecule has 2 aromatic rings. The van der Waals surface area contributed by atoms with Gasteiger partial charge in [0.25, 0.3) is 0 Å². The van der Waals surface area contributed by atoms with Gasteiger partial charge in [0.05, 0.1) is 0 Å². The molecule has 0 amide bonds. The summed E-state index contributed by atoms with van der Waals surface area (Å²) in [4.78, 5) is 0. The van der Waals surface area contributed by atoms with Crippen LogP contribution in [0.4, 0.5) is 4.39 Å². The van der Waals surface area contributed by atoms with Crippen LogP contribution in [-0.4, -0.2) is 0 Å². The first kappa shape index (κ1) is 9.79. The third-order valence-electron chi connectivity index (χ3n) is 3.48. The molecule has 3 rings (SSSR count). The zero-order valence-electron chi connectivity index (χ0n) is 9.04. The molecule has 1 unspecified atom stereocenters. The number of rotatable bonds is 0. The molecule has 0 fully saturated rings. The summed E-state index contributed by atoms with van der Waals surface area (Å²) < 4.78 is 13.9. The van der Waals surface area contributed by atoms with Crippen LogP contribution in [0.1, 0.15) is 30.0 Å². The van der Waals surface area contributed by atoms with E-state index in [1.807, 2.05) is 24.3 Å². The predicted octanol–water partition coefficient (Wildman–Crippen LogP) is 3.32. The lowest BCUT2D eigenvalue weighted by atomic mass is 9.85. The van der Waals surface area contributed by atoms with Gasteiger partial charge in [-0.05, 0) is 41.8 Å². The molecule has 1 aliphatic rings. The summed E-state index contributed by atoms with van der Waals surface area (Å²) in [7, 11) is 0.